The number of aliphatic imine (C=N–C) groups is 1. The number of nitrogens with one attached hydrogen (secondary N) is 1. The van der Waals surface area contributed by atoms with Gasteiger partial charge < -0.3 is 14.9 Å². The fourth-order valence-corrected chi connectivity index (χ4v) is 3.44. The summed E-state index contributed by atoms with van der Waals surface area (Å²) in [6.45, 7) is 9.79. The standard InChI is InChI=1S/C21H25Cl2N3O2/c1-13-8-21(28-17-5-6-18(22)19(23)9-17)14(2)7-20(13)24-12-25-26-10-15(3)27-16(4)11-26/h5-9,12,15-16H,10-11H2,1-4H3,(H,24,25). The van der Waals surface area contributed by atoms with E-state index in [-0.39, 0.29) is 12.2 Å². The number of nitrogens with zero attached hydrogens (tertiary/aromatic N) is 2. The molecule has 2 unspecified atom stereocenters. The van der Waals surface area contributed by atoms with Crippen LogP contribution in [0.3, 0.4) is 0 Å². The normalized spacial score (nSPS) is 20.5. The van der Waals surface area contributed by atoms with Crippen molar-refractivity contribution in [2.24, 2.45) is 4.99 Å². The number of rotatable bonds is 5. The van der Waals surface area contributed by atoms with Crippen LogP contribution in [0.2, 0.25) is 10.0 Å². The summed E-state index contributed by atoms with van der Waals surface area (Å²) >= 11 is 12.0. The molecule has 0 amide bonds. The van der Waals surface area contributed by atoms with E-state index in [1.807, 2.05) is 26.0 Å². The molecule has 1 aliphatic rings. The van der Waals surface area contributed by atoms with Crippen molar-refractivity contribution in [3.05, 3.63) is 51.5 Å². The monoisotopic (exact) mass is 421 g/mol. The molecule has 2 aromatic carbocycles. The highest BCUT2D eigenvalue weighted by atomic mass is 35.5. The predicted molar refractivity (Wildman–Crippen MR) is 115 cm³/mol. The second-order valence-electron chi connectivity index (χ2n) is 7.13. The van der Waals surface area contributed by atoms with Gasteiger partial charge in [-0.3, -0.25) is 0 Å². The van der Waals surface area contributed by atoms with E-state index in [0.29, 0.717) is 15.8 Å². The lowest BCUT2D eigenvalue weighted by Gasteiger charge is -2.34. The van der Waals surface area contributed by atoms with Gasteiger partial charge in [-0.1, -0.05) is 23.2 Å². The summed E-state index contributed by atoms with van der Waals surface area (Å²) in [5.74, 6) is 1.41. The van der Waals surface area contributed by atoms with Crippen LogP contribution in [0.1, 0.15) is 25.0 Å². The summed E-state index contributed by atoms with van der Waals surface area (Å²) in [6.07, 6.45) is 2.13. The SMILES string of the molecule is Cc1cc(Oc2ccc(Cl)c(Cl)c2)c(C)cc1N=CNN1CC(C)OC(C)C1. The van der Waals surface area contributed by atoms with E-state index >= 15 is 0 Å². The van der Waals surface area contributed by atoms with E-state index < -0.39 is 0 Å². The van der Waals surface area contributed by atoms with E-state index in [2.05, 4.69) is 29.3 Å². The van der Waals surface area contributed by atoms with Gasteiger partial charge in [0.2, 0.25) is 0 Å². The molecule has 0 radical (unpaired) electrons. The quantitative estimate of drug-likeness (QED) is 0.498. The molecule has 1 fully saturated rings. The first-order valence-corrected chi connectivity index (χ1v) is 10.0. The predicted octanol–water partition coefficient (Wildman–Crippen LogP) is 5.68. The minimum Gasteiger partial charge on any atom is -0.457 e. The van der Waals surface area contributed by atoms with E-state index in [1.54, 1.807) is 24.5 Å². The first-order chi connectivity index (χ1) is 13.3. The van der Waals surface area contributed by atoms with Crippen LogP contribution in [0.15, 0.2) is 35.3 Å². The first kappa shape index (κ1) is 20.9. The second kappa shape index (κ2) is 9.14. The van der Waals surface area contributed by atoms with Crippen LogP contribution in [0.5, 0.6) is 11.5 Å². The van der Waals surface area contributed by atoms with E-state index in [9.17, 15) is 0 Å². The lowest BCUT2D eigenvalue weighted by Crippen LogP contribution is -2.51. The van der Waals surface area contributed by atoms with Crippen molar-refractivity contribution in [3.8, 4) is 11.5 Å². The van der Waals surface area contributed by atoms with E-state index in [1.165, 1.54) is 0 Å². The van der Waals surface area contributed by atoms with Crippen LogP contribution in [-0.2, 0) is 4.74 Å². The number of halogens is 2. The Bertz CT molecular complexity index is 863. The van der Waals surface area contributed by atoms with Crippen molar-refractivity contribution >= 4 is 35.2 Å². The Morgan fingerprint density at radius 1 is 1.07 bits per heavy atom. The van der Waals surface area contributed by atoms with Gasteiger partial charge in [0, 0.05) is 19.2 Å². The number of hydrogen-bond donors (Lipinski definition) is 1. The minimum atomic E-state index is 0.200. The third-order valence-electron chi connectivity index (χ3n) is 4.48. The molecule has 3 rings (SSSR count). The zero-order chi connectivity index (χ0) is 20.3. The maximum Gasteiger partial charge on any atom is 0.130 e. The molecule has 0 aromatic heterocycles. The van der Waals surface area contributed by atoms with Gasteiger partial charge in [-0.25, -0.2) is 10.0 Å². The molecule has 5 nitrogen and oxygen atoms in total. The highest BCUT2D eigenvalue weighted by Crippen LogP contribution is 2.33. The average molecular weight is 422 g/mol. The van der Waals surface area contributed by atoms with Crippen molar-refractivity contribution < 1.29 is 9.47 Å². The van der Waals surface area contributed by atoms with Crippen molar-refractivity contribution in [3.63, 3.8) is 0 Å². The number of benzene rings is 2. The molecular weight excluding hydrogens is 397 g/mol. The maximum atomic E-state index is 6.07. The summed E-state index contributed by atoms with van der Waals surface area (Å²) in [5.41, 5.74) is 6.14. The molecule has 150 valence electrons. The molecule has 1 aliphatic heterocycles. The lowest BCUT2D eigenvalue weighted by molar-refractivity contribution is -0.0760. The van der Waals surface area contributed by atoms with Crippen molar-refractivity contribution in [1.82, 2.24) is 10.4 Å². The topological polar surface area (TPSA) is 46.1 Å². The van der Waals surface area contributed by atoms with Crippen LogP contribution in [0.4, 0.5) is 5.69 Å². The second-order valence-corrected chi connectivity index (χ2v) is 7.95. The van der Waals surface area contributed by atoms with Crippen LogP contribution in [0, 0.1) is 13.8 Å². The van der Waals surface area contributed by atoms with Crippen LogP contribution >= 0.6 is 23.2 Å². The van der Waals surface area contributed by atoms with Crippen molar-refractivity contribution in [2.75, 3.05) is 13.1 Å². The van der Waals surface area contributed by atoms with Crippen molar-refractivity contribution in [1.29, 1.82) is 0 Å². The molecule has 7 heteroatoms. The Morgan fingerprint density at radius 2 is 1.79 bits per heavy atom. The first-order valence-electron chi connectivity index (χ1n) is 9.25. The van der Waals surface area contributed by atoms with Gasteiger partial charge in [-0.2, -0.15) is 0 Å². The molecular formula is C21H25Cl2N3O2. The van der Waals surface area contributed by atoms with Crippen LogP contribution in [-0.4, -0.2) is 36.6 Å². The zero-order valence-corrected chi connectivity index (χ0v) is 18.0. The number of hydrazine groups is 1. The van der Waals surface area contributed by atoms with E-state index in [4.69, 9.17) is 32.7 Å². The van der Waals surface area contributed by atoms with Crippen molar-refractivity contribution in [2.45, 2.75) is 39.9 Å². The summed E-state index contributed by atoms with van der Waals surface area (Å²) < 4.78 is 11.7. The number of aryl methyl sites for hydroxylation is 2. The smallest absolute Gasteiger partial charge is 0.130 e. The van der Waals surface area contributed by atoms with Gasteiger partial charge in [-0.15, -0.1) is 0 Å². The molecule has 0 aliphatic carbocycles. The third-order valence-corrected chi connectivity index (χ3v) is 5.21. The van der Waals surface area contributed by atoms with Crippen LogP contribution < -0.4 is 10.2 Å². The number of hydrogen-bond acceptors (Lipinski definition) is 4. The van der Waals surface area contributed by atoms with E-state index in [0.717, 1.165) is 35.7 Å². The average Bonchev–Trinajstić information content (AvgIpc) is 2.61. The molecule has 1 N–H and O–H groups in total. The molecule has 0 bridgehead atoms. The Labute approximate surface area is 176 Å². The Balaban J connectivity index is 1.68. The largest absolute Gasteiger partial charge is 0.457 e. The summed E-state index contributed by atoms with van der Waals surface area (Å²) in [4.78, 5) is 4.57. The molecule has 2 atom stereocenters. The molecule has 0 spiro atoms. The van der Waals surface area contributed by atoms with Gasteiger partial charge in [0.05, 0.1) is 27.9 Å². The fraction of sp³-hybridized carbons (Fsp3) is 0.381. The highest BCUT2D eigenvalue weighted by Gasteiger charge is 2.21. The maximum absolute atomic E-state index is 6.07. The van der Waals surface area contributed by atoms with Gasteiger partial charge in [0.1, 0.15) is 17.8 Å². The minimum absolute atomic E-state index is 0.200. The van der Waals surface area contributed by atoms with Gasteiger partial charge in [0.15, 0.2) is 0 Å². The molecule has 0 saturated carbocycles. The Kier molecular flexibility index (Phi) is 6.83. The molecule has 1 heterocycles. The molecule has 28 heavy (non-hydrogen) atoms. The summed E-state index contributed by atoms with van der Waals surface area (Å²) in [6, 6.07) is 9.20. The summed E-state index contributed by atoms with van der Waals surface area (Å²) in [7, 11) is 0. The zero-order valence-electron chi connectivity index (χ0n) is 16.5. The molecule has 1 saturated heterocycles. The summed E-state index contributed by atoms with van der Waals surface area (Å²) in [5, 5.41) is 3.09. The van der Waals surface area contributed by atoms with Crippen LogP contribution in [0.25, 0.3) is 0 Å². The number of ether oxygens (including phenoxy) is 2. The number of morpholine rings is 1. The van der Waals surface area contributed by atoms with Gasteiger partial charge in [-0.05, 0) is 63.1 Å². The van der Waals surface area contributed by atoms with Gasteiger partial charge >= 0.3 is 0 Å². The lowest BCUT2D eigenvalue weighted by atomic mass is 10.1. The fourth-order valence-electron chi connectivity index (χ4n) is 3.15. The third kappa shape index (κ3) is 5.39. The molecule has 2 aromatic rings. The Morgan fingerprint density at radius 3 is 2.46 bits per heavy atom. The van der Waals surface area contributed by atoms with Gasteiger partial charge in [0.25, 0.3) is 0 Å². The Hall–Kier alpha value is -1.79. The highest BCUT2D eigenvalue weighted by molar-refractivity contribution is 6.42.